The SMILES string of the molecule is Cc1cccc(C#N)c1N(C)CC1CCNCC1. The van der Waals surface area contributed by atoms with Crippen LogP contribution in [0, 0.1) is 24.2 Å². The van der Waals surface area contributed by atoms with Gasteiger partial charge in [-0.15, -0.1) is 0 Å². The van der Waals surface area contributed by atoms with E-state index >= 15 is 0 Å². The first-order valence-electron chi connectivity index (χ1n) is 6.64. The van der Waals surface area contributed by atoms with Crippen molar-refractivity contribution in [1.29, 1.82) is 5.26 Å². The largest absolute Gasteiger partial charge is 0.373 e. The number of rotatable bonds is 3. The highest BCUT2D eigenvalue weighted by atomic mass is 15.1. The highest BCUT2D eigenvalue weighted by Crippen LogP contribution is 2.25. The van der Waals surface area contributed by atoms with E-state index in [9.17, 15) is 5.26 Å². The summed E-state index contributed by atoms with van der Waals surface area (Å²) in [7, 11) is 2.10. The number of para-hydroxylation sites is 1. The van der Waals surface area contributed by atoms with Crippen molar-refractivity contribution in [2.75, 3.05) is 31.6 Å². The summed E-state index contributed by atoms with van der Waals surface area (Å²) in [5, 5.41) is 12.6. The highest BCUT2D eigenvalue weighted by molar-refractivity contribution is 5.63. The molecule has 0 spiro atoms. The van der Waals surface area contributed by atoms with E-state index in [0.717, 1.165) is 36.8 Å². The lowest BCUT2D eigenvalue weighted by Crippen LogP contribution is -2.35. The molecule has 1 aliphatic rings. The van der Waals surface area contributed by atoms with Crippen molar-refractivity contribution in [1.82, 2.24) is 5.32 Å². The summed E-state index contributed by atoms with van der Waals surface area (Å²) in [4.78, 5) is 2.25. The number of nitriles is 1. The maximum Gasteiger partial charge on any atom is 0.101 e. The summed E-state index contributed by atoms with van der Waals surface area (Å²) in [6.45, 7) is 5.37. The molecule has 18 heavy (non-hydrogen) atoms. The van der Waals surface area contributed by atoms with Crippen LogP contribution in [0.1, 0.15) is 24.0 Å². The molecule has 3 heteroatoms. The maximum atomic E-state index is 9.21. The first-order chi connectivity index (χ1) is 8.72. The first-order valence-corrected chi connectivity index (χ1v) is 6.64. The van der Waals surface area contributed by atoms with Crippen LogP contribution in [0.25, 0.3) is 0 Å². The predicted molar refractivity (Wildman–Crippen MR) is 74.8 cm³/mol. The Morgan fingerprint density at radius 2 is 2.11 bits per heavy atom. The van der Waals surface area contributed by atoms with E-state index in [4.69, 9.17) is 0 Å². The molecule has 1 saturated heterocycles. The minimum atomic E-state index is 0.738. The number of aryl methyl sites for hydroxylation is 1. The molecule has 1 fully saturated rings. The molecule has 1 aromatic carbocycles. The summed E-state index contributed by atoms with van der Waals surface area (Å²) >= 11 is 0. The topological polar surface area (TPSA) is 39.1 Å². The lowest BCUT2D eigenvalue weighted by atomic mass is 9.97. The summed E-state index contributed by atoms with van der Waals surface area (Å²) in [6, 6.07) is 8.24. The second-order valence-electron chi connectivity index (χ2n) is 5.16. The minimum Gasteiger partial charge on any atom is -0.373 e. The van der Waals surface area contributed by atoms with Gasteiger partial charge in [0.1, 0.15) is 6.07 Å². The zero-order valence-electron chi connectivity index (χ0n) is 11.2. The van der Waals surface area contributed by atoms with Gasteiger partial charge < -0.3 is 10.2 Å². The van der Waals surface area contributed by atoms with Crippen LogP contribution in [0.5, 0.6) is 0 Å². The standard InChI is InChI=1S/C15H21N3/c1-12-4-3-5-14(10-16)15(12)18(2)11-13-6-8-17-9-7-13/h3-5,13,17H,6-9,11H2,1-2H3. The highest BCUT2D eigenvalue weighted by Gasteiger charge is 2.17. The molecular weight excluding hydrogens is 222 g/mol. The van der Waals surface area contributed by atoms with Crippen LogP contribution >= 0.6 is 0 Å². The number of hydrogen-bond donors (Lipinski definition) is 1. The Balaban J connectivity index is 2.13. The summed E-state index contributed by atoms with van der Waals surface area (Å²) in [5.41, 5.74) is 3.07. The van der Waals surface area contributed by atoms with Gasteiger partial charge in [0, 0.05) is 13.6 Å². The van der Waals surface area contributed by atoms with Gasteiger partial charge in [-0.2, -0.15) is 5.26 Å². The molecule has 0 aromatic heterocycles. The Bertz CT molecular complexity index is 442. The van der Waals surface area contributed by atoms with Gasteiger partial charge in [-0.25, -0.2) is 0 Å². The minimum absolute atomic E-state index is 0.738. The van der Waals surface area contributed by atoms with Crippen LogP contribution < -0.4 is 10.2 Å². The van der Waals surface area contributed by atoms with Crippen molar-refractivity contribution in [3.63, 3.8) is 0 Å². The number of hydrogen-bond acceptors (Lipinski definition) is 3. The lowest BCUT2D eigenvalue weighted by molar-refractivity contribution is 0.378. The third kappa shape index (κ3) is 2.83. The smallest absolute Gasteiger partial charge is 0.101 e. The number of piperidine rings is 1. The van der Waals surface area contributed by atoms with Gasteiger partial charge >= 0.3 is 0 Å². The first kappa shape index (κ1) is 12.9. The molecule has 0 radical (unpaired) electrons. The Morgan fingerprint density at radius 1 is 1.39 bits per heavy atom. The van der Waals surface area contributed by atoms with Crippen molar-refractivity contribution < 1.29 is 0 Å². The molecule has 1 heterocycles. The molecule has 96 valence electrons. The molecular formula is C15H21N3. The molecule has 0 aliphatic carbocycles. The monoisotopic (exact) mass is 243 g/mol. The number of nitrogens with zero attached hydrogens (tertiary/aromatic N) is 2. The van der Waals surface area contributed by atoms with Gasteiger partial charge in [0.25, 0.3) is 0 Å². The average molecular weight is 243 g/mol. The van der Waals surface area contributed by atoms with Gasteiger partial charge in [0.2, 0.25) is 0 Å². The molecule has 0 saturated carbocycles. The molecule has 0 atom stereocenters. The molecule has 1 N–H and O–H groups in total. The van der Waals surface area contributed by atoms with Gasteiger partial charge in [-0.05, 0) is 50.4 Å². The van der Waals surface area contributed by atoms with E-state index in [-0.39, 0.29) is 0 Å². The quantitative estimate of drug-likeness (QED) is 0.885. The molecule has 1 aliphatic heterocycles. The fourth-order valence-corrected chi connectivity index (χ4v) is 2.80. The molecule has 0 unspecified atom stereocenters. The average Bonchev–Trinajstić information content (AvgIpc) is 2.39. The van der Waals surface area contributed by atoms with E-state index in [1.165, 1.54) is 18.4 Å². The summed E-state index contributed by atoms with van der Waals surface area (Å²) < 4.78 is 0. The predicted octanol–water partition coefficient (Wildman–Crippen LogP) is 2.30. The van der Waals surface area contributed by atoms with Crippen molar-refractivity contribution in [2.45, 2.75) is 19.8 Å². The molecule has 0 bridgehead atoms. The van der Waals surface area contributed by atoms with Crippen LogP contribution in [0.15, 0.2) is 18.2 Å². The van der Waals surface area contributed by atoms with Crippen molar-refractivity contribution in [3.8, 4) is 6.07 Å². The van der Waals surface area contributed by atoms with E-state index in [2.05, 4.69) is 36.3 Å². The Morgan fingerprint density at radius 3 is 2.78 bits per heavy atom. The Labute approximate surface area is 109 Å². The second kappa shape index (κ2) is 5.88. The molecule has 3 nitrogen and oxygen atoms in total. The van der Waals surface area contributed by atoms with Crippen molar-refractivity contribution in [2.24, 2.45) is 5.92 Å². The van der Waals surface area contributed by atoms with Gasteiger partial charge in [-0.3, -0.25) is 0 Å². The number of nitrogens with one attached hydrogen (secondary N) is 1. The third-order valence-corrected chi connectivity index (χ3v) is 3.73. The number of benzene rings is 1. The van der Waals surface area contributed by atoms with Crippen LogP contribution in [-0.2, 0) is 0 Å². The van der Waals surface area contributed by atoms with Gasteiger partial charge in [-0.1, -0.05) is 12.1 Å². The summed E-state index contributed by atoms with van der Waals surface area (Å²) in [5.74, 6) is 0.738. The van der Waals surface area contributed by atoms with Crippen LogP contribution in [-0.4, -0.2) is 26.7 Å². The van der Waals surface area contributed by atoms with Crippen LogP contribution in [0.2, 0.25) is 0 Å². The normalized spacial score (nSPS) is 16.3. The van der Waals surface area contributed by atoms with E-state index < -0.39 is 0 Å². The Hall–Kier alpha value is -1.53. The fraction of sp³-hybridized carbons (Fsp3) is 0.533. The fourth-order valence-electron chi connectivity index (χ4n) is 2.80. The van der Waals surface area contributed by atoms with Gasteiger partial charge in [0.05, 0.1) is 11.3 Å². The Kier molecular flexibility index (Phi) is 4.22. The maximum absolute atomic E-state index is 9.21. The molecule has 1 aromatic rings. The van der Waals surface area contributed by atoms with E-state index in [1.807, 2.05) is 12.1 Å². The van der Waals surface area contributed by atoms with E-state index in [0.29, 0.717) is 0 Å². The number of anilines is 1. The van der Waals surface area contributed by atoms with Crippen molar-refractivity contribution >= 4 is 5.69 Å². The third-order valence-electron chi connectivity index (χ3n) is 3.73. The lowest BCUT2D eigenvalue weighted by Gasteiger charge is -2.30. The molecule has 2 rings (SSSR count). The van der Waals surface area contributed by atoms with Gasteiger partial charge in [0.15, 0.2) is 0 Å². The van der Waals surface area contributed by atoms with Crippen molar-refractivity contribution in [3.05, 3.63) is 29.3 Å². The zero-order valence-corrected chi connectivity index (χ0v) is 11.2. The zero-order chi connectivity index (χ0) is 13.0. The van der Waals surface area contributed by atoms with Crippen LogP contribution in [0.3, 0.4) is 0 Å². The van der Waals surface area contributed by atoms with Crippen LogP contribution in [0.4, 0.5) is 5.69 Å². The summed E-state index contributed by atoms with van der Waals surface area (Å²) in [6.07, 6.45) is 2.47. The molecule has 0 amide bonds. The van der Waals surface area contributed by atoms with E-state index in [1.54, 1.807) is 0 Å². The second-order valence-corrected chi connectivity index (χ2v) is 5.16.